The average molecular weight is 278 g/mol. The van der Waals surface area contributed by atoms with Crippen LogP contribution in [0.2, 0.25) is 0 Å². The van der Waals surface area contributed by atoms with E-state index in [-0.39, 0.29) is 23.9 Å². The number of carbonyl (C=O) groups is 2. The zero-order valence-corrected chi connectivity index (χ0v) is 10.9. The minimum Gasteiger partial charge on any atom is -0.481 e. The van der Waals surface area contributed by atoms with Gasteiger partial charge in [-0.1, -0.05) is 6.07 Å². The summed E-state index contributed by atoms with van der Waals surface area (Å²) in [4.78, 5) is 34.6. The van der Waals surface area contributed by atoms with Crippen molar-refractivity contribution in [2.75, 3.05) is 13.1 Å². The second kappa shape index (κ2) is 5.28. The number of nitrogens with zero attached hydrogens (tertiary/aromatic N) is 2. The highest BCUT2D eigenvalue weighted by Gasteiger charge is 2.33. The molecule has 1 amide bonds. The molecule has 0 atom stereocenters. The highest BCUT2D eigenvalue weighted by atomic mass is 16.6. The van der Waals surface area contributed by atoms with E-state index in [0.717, 1.165) is 0 Å². The fourth-order valence-corrected chi connectivity index (χ4v) is 2.34. The van der Waals surface area contributed by atoms with Crippen LogP contribution < -0.4 is 0 Å². The third-order valence-electron chi connectivity index (χ3n) is 3.44. The third-order valence-corrected chi connectivity index (χ3v) is 3.44. The molecule has 0 spiro atoms. The second-order valence-electron chi connectivity index (χ2n) is 4.88. The third kappa shape index (κ3) is 2.61. The Morgan fingerprint density at radius 2 is 2.10 bits per heavy atom. The predicted octanol–water partition coefficient (Wildman–Crippen LogP) is 1.45. The van der Waals surface area contributed by atoms with Gasteiger partial charge in [-0.3, -0.25) is 19.7 Å². The van der Waals surface area contributed by atoms with Gasteiger partial charge in [0, 0.05) is 36.2 Å². The standard InChI is InChI=1S/C13H14N2O5/c1-8-10(3-2-4-11(8)15(19)20)13(18)14-6-9(7-14)5-12(16)17/h2-4,9H,5-7H2,1H3,(H,16,17). The maximum absolute atomic E-state index is 12.2. The van der Waals surface area contributed by atoms with Crippen LogP contribution >= 0.6 is 0 Å². The Labute approximate surface area is 115 Å². The molecule has 1 aromatic carbocycles. The topological polar surface area (TPSA) is 101 Å². The van der Waals surface area contributed by atoms with Gasteiger partial charge >= 0.3 is 5.97 Å². The molecule has 1 heterocycles. The summed E-state index contributed by atoms with van der Waals surface area (Å²) in [5.41, 5.74) is 0.551. The lowest BCUT2D eigenvalue weighted by Crippen LogP contribution is -2.50. The van der Waals surface area contributed by atoms with E-state index in [1.807, 2.05) is 0 Å². The van der Waals surface area contributed by atoms with E-state index in [2.05, 4.69) is 0 Å². The van der Waals surface area contributed by atoms with Crippen molar-refractivity contribution in [2.45, 2.75) is 13.3 Å². The Morgan fingerprint density at radius 3 is 2.65 bits per heavy atom. The van der Waals surface area contributed by atoms with E-state index in [1.54, 1.807) is 13.0 Å². The Morgan fingerprint density at radius 1 is 1.45 bits per heavy atom. The van der Waals surface area contributed by atoms with Crippen molar-refractivity contribution >= 4 is 17.6 Å². The first kappa shape index (κ1) is 14.0. The lowest BCUT2D eigenvalue weighted by atomic mass is 9.94. The van der Waals surface area contributed by atoms with Crippen molar-refractivity contribution in [3.8, 4) is 0 Å². The van der Waals surface area contributed by atoms with E-state index in [1.165, 1.54) is 17.0 Å². The first-order valence-corrected chi connectivity index (χ1v) is 6.15. The number of hydrogen-bond acceptors (Lipinski definition) is 4. The van der Waals surface area contributed by atoms with Gasteiger partial charge in [0.1, 0.15) is 0 Å². The number of hydrogen-bond donors (Lipinski definition) is 1. The Hall–Kier alpha value is -2.44. The van der Waals surface area contributed by atoms with Crippen molar-refractivity contribution < 1.29 is 19.6 Å². The molecule has 1 aliphatic rings. The number of nitro benzene ring substituents is 1. The number of rotatable bonds is 4. The summed E-state index contributed by atoms with van der Waals surface area (Å²) in [7, 11) is 0. The summed E-state index contributed by atoms with van der Waals surface area (Å²) < 4.78 is 0. The molecule has 0 aromatic heterocycles. The summed E-state index contributed by atoms with van der Waals surface area (Å²) in [6.45, 7) is 2.31. The quantitative estimate of drug-likeness (QED) is 0.663. The summed E-state index contributed by atoms with van der Waals surface area (Å²) in [5.74, 6) is -1.20. The number of carboxylic acids is 1. The zero-order valence-electron chi connectivity index (χ0n) is 10.9. The molecule has 0 saturated carbocycles. The van der Waals surface area contributed by atoms with E-state index < -0.39 is 10.9 Å². The molecule has 1 aromatic rings. The molecule has 1 aliphatic heterocycles. The summed E-state index contributed by atoms with van der Waals surface area (Å²) in [6.07, 6.45) is 0.0394. The largest absolute Gasteiger partial charge is 0.481 e. The van der Waals surface area contributed by atoms with Gasteiger partial charge in [-0.25, -0.2) is 0 Å². The SMILES string of the molecule is Cc1c(C(=O)N2CC(CC(=O)O)C2)cccc1[N+](=O)[O-]. The molecule has 7 nitrogen and oxygen atoms in total. The Kier molecular flexibility index (Phi) is 3.69. The number of benzene rings is 1. The lowest BCUT2D eigenvalue weighted by Gasteiger charge is -2.38. The minimum absolute atomic E-state index is 0.0320. The molecule has 0 unspecified atom stereocenters. The van der Waals surface area contributed by atoms with Crippen LogP contribution in [0, 0.1) is 23.0 Å². The van der Waals surface area contributed by atoms with Gasteiger partial charge in [0.2, 0.25) is 0 Å². The van der Waals surface area contributed by atoms with Crippen molar-refractivity contribution in [3.63, 3.8) is 0 Å². The van der Waals surface area contributed by atoms with Gasteiger partial charge in [-0.2, -0.15) is 0 Å². The number of amides is 1. The van der Waals surface area contributed by atoms with E-state index in [4.69, 9.17) is 5.11 Å². The molecule has 7 heteroatoms. The summed E-state index contributed by atoms with van der Waals surface area (Å²) in [6, 6.07) is 4.39. The number of carboxylic acid groups (broad SMARTS) is 1. The van der Waals surface area contributed by atoms with Crippen LogP contribution in [-0.4, -0.2) is 39.9 Å². The molecule has 2 rings (SSSR count). The maximum Gasteiger partial charge on any atom is 0.303 e. The molecule has 20 heavy (non-hydrogen) atoms. The van der Waals surface area contributed by atoms with Crippen molar-refractivity contribution in [1.29, 1.82) is 0 Å². The van der Waals surface area contributed by atoms with E-state index in [9.17, 15) is 19.7 Å². The monoisotopic (exact) mass is 278 g/mol. The number of aliphatic carboxylic acids is 1. The molecular weight excluding hydrogens is 264 g/mol. The van der Waals surface area contributed by atoms with E-state index >= 15 is 0 Å². The Balaban J connectivity index is 2.10. The normalized spacial score (nSPS) is 14.8. The number of carbonyl (C=O) groups excluding carboxylic acids is 1. The predicted molar refractivity (Wildman–Crippen MR) is 69.5 cm³/mol. The van der Waals surface area contributed by atoms with Crippen LogP contribution in [0.3, 0.4) is 0 Å². The van der Waals surface area contributed by atoms with Crippen LogP contribution in [0.5, 0.6) is 0 Å². The van der Waals surface area contributed by atoms with Crippen LogP contribution in [0.25, 0.3) is 0 Å². The van der Waals surface area contributed by atoms with Crippen molar-refractivity contribution in [1.82, 2.24) is 4.90 Å². The van der Waals surface area contributed by atoms with Crippen LogP contribution in [-0.2, 0) is 4.79 Å². The van der Waals surface area contributed by atoms with E-state index in [0.29, 0.717) is 24.2 Å². The van der Waals surface area contributed by atoms with Crippen molar-refractivity contribution in [2.24, 2.45) is 5.92 Å². The highest BCUT2D eigenvalue weighted by molar-refractivity contribution is 5.97. The highest BCUT2D eigenvalue weighted by Crippen LogP contribution is 2.26. The molecule has 0 radical (unpaired) electrons. The lowest BCUT2D eigenvalue weighted by molar-refractivity contribution is -0.385. The van der Waals surface area contributed by atoms with Crippen LogP contribution in [0.15, 0.2) is 18.2 Å². The maximum atomic E-state index is 12.2. The first-order chi connectivity index (χ1) is 9.40. The summed E-state index contributed by atoms with van der Waals surface area (Å²) in [5, 5.41) is 19.5. The first-order valence-electron chi connectivity index (χ1n) is 6.15. The smallest absolute Gasteiger partial charge is 0.303 e. The van der Waals surface area contributed by atoms with Gasteiger partial charge in [-0.15, -0.1) is 0 Å². The number of nitro groups is 1. The molecule has 1 saturated heterocycles. The van der Waals surface area contributed by atoms with Gasteiger partial charge in [-0.05, 0) is 13.0 Å². The average Bonchev–Trinajstić information content (AvgIpc) is 2.32. The number of likely N-dealkylation sites (tertiary alicyclic amines) is 1. The van der Waals surface area contributed by atoms with Gasteiger partial charge in [0.15, 0.2) is 0 Å². The van der Waals surface area contributed by atoms with Crippen molar-refractivity contribution in [3.05, 3.63) is 39.4 Å². The second-order valence-corrected chi connectivity index (χ2v) is 4.88. The van der Waals surface area contributed by atoms with Gasteiger partial charge in [0.05, 0.1) is 11.3 Å². The Bertz CT molecular complexity index is 578. The van der Waals surface area contributed by atoms with Gasteiger partial charge in [0.25, 0.3) is 11.6 Å². The molecular formula is C13H14N2O5. The van der Waals surface area contributed by atoms with Crippen LogP contribution in [0.1, 0.15) is 22.3 Å². The fraction of sp³-hybridized carbons (Fsp3) is 0.385. The van der Waals surface area contributed by atoms with Gasteiger partial charge < -0.3 is 10.0 Å². The van der Waals surface area contributed by atoms with Crippen LogP contribution in [0.4, 0.5) is 5.69 Å². The molecule has 106 valence electrons. The summed E-state index contributed by atoms with van der Waals surface area (Å²) >= 11 is 0. The molecule has 0 bridgehead atoms. The molecule has 0 aliphatic carbocycles. The fourth-order valence-electron chi connectivity index (χ4n) is 2.34. The minimum atomic E-state index is -0.881. The zero-order chi connectivity index (χ0) is 14.9. The molecule has 1 fully saturated rings. The molecule has 1 N–H and O–H groups in total.